The van der Waals surface area contributed by atoms with Gasteiger partial charge in [0.15, 0.2) is 11.6 Å². The second-order valence-corrected chi connectivity index (χ2v) is 16.7. The second-order valence-electron chi connectivity index (χ2n) is 16.7. The van der Waals surface area contributed by atoms with Crippen LogP contribution < -0.4 is 0 Å². The van der Waals surface area contributed by atoms with Gasteiger partial charge < -0.3 is 4.57 Å². The molecule has 5 heteroatoms. The van der Waals surface area contributed by atoms with Crippen molar-refractivity contribution < 1.29 is 0 Å². The van der Waals surface area contributed by atoms with Crippen LogP contribution in [-0.2, 0) is 0 Å². The quantitative estimate of drug-likeness (QED) is 0.145. The predicted molar refractivity (Wildman–Crippen MR) is 275 cm³/mol. The maximum absolute atomic E-state index is 5.53. The lowest BCUT2D eigenvalue weighted by Crippen LogP contribution is -2.00. The summed E-state index contributed by atoms with van der Waals surface area (Å²) in [6.45, 7) is 0. The number of benzene rings is 9. The molecule has 67 heavy (non-hydrogen) atoms. The Kier molecular flexibility index (Phi) is 10.1. The van der Waals surface area contributed by atoms with Crippen molar-refractivity contribution in [3.8, 4) is 95.7 Å². The molecule has 314 valence electrons. The van der Waals surface area contributed by atoms with E-state index in [1.54, 1.807) is 0 Å². The van der Waals surface area contributed by atoms with Crippen LogP contribution in [0.4, 0.5) is 0 Å². The Labute approximate surface area is 389 Å². The second kappa shape index (κ2) is 17.1. The largest absolute Gasteiger partial charge is 0.309 e. The molecular formula is C62H41N5. The SMILES string of the molecule is c1ccc(-c2cc(-c3ccccc3)cc(-c3nc(-c4ccccc4)cc(-c4cc(-c5cc(-c6ccccc6)nc(-c6ccccc6)n5)cc(-n5c6ccccc6c6ccccc65)c4)n3)c2)cc1. The number of fused-ring (bicyclic) bond motifs is 3. The van der Waals surface area contributed by atoms with Gasteiger partial charge >= 0.3 is 0 Å². The summed E-state index contributed by atoms with van der Waals surface area (Å²) in [6.07, 6.45) is 0. The number of para-hydroxylation sites is 2. The molecular weight excluding hydrogens is 815 g/mol. The molecule has 0 saturated heterocycles. The van der Waals surface area contributed by atoms with Crippen molar-refractivity contribution in [2.75, 3.05) is 0 Å². The van der Waals surface area contributed by atoms with Crippen LogP contribution in [0.5, 0.6) is 0 Å². The maximum Gasteiger partial charge on any atom is 0.160 e. The lowest BCUT2D eigenvalue weighted by Gasteiger charge is -2.16. The molecule has 0 unspecified atom stereocenters. The lowest BCUT2D eigenvalue weighted by atomic mass is 9.95. The van der Waals surface area contributed by atoms with Crippen LogP contribution in [0, 0.1) is 0 Å². The van der Waals surface area contributed by atoms with Crippen molar-refractivity contribution in [1.82, 2.24) is 24.5 Å². The molecule has 0 amide bonds. The average Bonchev–Trinajstić information content (AvgIpc) is 3.76. The van der Waals surface area contributed by atoms with Crippen molar-refractivity contribution in [2.24, 2.45) is 0 Å². The van der Waals surface area contributed by atoms with E-state index in [1.807, 2.05) is 30.3 Å². The molecule has 12 rings (SSSR count). The van der Waals surface area contributed by atoms with Gasteiger partial charge in [0, 0.05) is 49.8 Å². The van der Waals surface area contributed by atoms with Crippen molar-refractivity contribution >= 4 is 21.8 Å². The van der Waals surface area contributed by atoms with Gasteiger partial charge in [0.1, 0.15) is 0 Å². The molecule has 0 bridgehead atoms. The van der Waals surface area contributed by atoms with E-state index >= 15 is 0 Å². The molecule has 0 aliphatic rings. The Hall–Kier alpha value is -9.06. The first-order valence-electron chi connectivity index (χ1n) is 22.5. The van der Waals surface area contributed by atoms with E-state index in [2.05, 4.69) is 223 Å². The molecule has 5 nitrogen and oxygen atoms in total. The van der Waals surface area contributed by atoms with Gasteiger partial charge in [-0.3, -0.25) is 0 Å². The first-order valence-corrected chi connectivity index (χ1v) is 22.5. The number of aromatic nitrogens is 5. The highest BCUT2D eigenvalue weighted by Crippen LogP contribution is 2.39. The van der Waals surface area contributed by atoms with E-state index in [4.69, 9.17) is 19.9 Å². The van der Waals surface area contributed by atoms with E-state index in [1.165, 1.54) is 10.8 Å². The molecule has 12 aromatic rings. The Morgan fingerprint density at radius 1 is 0.224 bits per heavy atom. The van der Waals surface area contributed by atoms with E-state index < -0.39 is 0 Å². The zero-order valence-corrected chi connectivity index (χ0v) is 36.4. The topological polar surface area (TPSA) is 56.5 Å². The van der Waals surface area contributed by atoms with Crippen LogP contribution in [0.3, 0.4) is 0 Å². The third-order valence-corrected chi connectivity index (χ3v) is 12.4. The third-order valence-electron chi connectivity index (χ3n) is 12.4. The highest BCUT2D eigenvalue weighted by atomic mass is 15.0. The summed E-state index contributed by atoms with van der Waals surface area (Å²) in [6, 6.07) is 86.9. The Morgan fingerprint density at radius 2 is 0.537 bits per heavy atom. The van der Waals surface area contributed by atoms with Gasteiger partial charge in [0.05, 0.1) is 33.8 Å². The minimum Gasteiger partial charge on any atom is -0.309 e. The number of nitrogens with zero attached hydrogens (tertiary/aromatic N) is 5. The first-order chi connectivity index (χ1) is 33.2. The van der Waals surface area contributed by atoms with Crippen molar-refractivity contribution in [2.45, 2.75) is 0 Å². The zero-order valence-electron chi connectivity index (χ0n) is 36.4. The average molecular weight is 856 g/mol. The molecule has 3 heterocycles. The highest BCUT2D eigenvalue weighted by Gasteiger charge is 2.19. The summed E-state index contributed by atoms with van der Waals surface area (Å²) in [4.78, 5) is 21.4. The predicted octanol–water partition coefficient (Wildman–Crippen LogP) is 15.7. The van der Waals surface area contributed by atoms with Crippen molar-refractivity contribution in [3.05, 3.63) is 249 Å². The van der Waals surface area contributed by atoms with Crippen molar-refractivity contribution in [1.29, 1.82) is 0 Å². The molecule has 0 fully saturated rings. The van der Waals surface area contributed by atoms with E-state index in [9.17, 15) is 0 Å². The van der Waals surface area contributed by atoms with Gasteiger partial charge in [-0.2, -0.15) is 0 Å². The molecule has 0 aliphatic carbocycles. The van der Waals surface area contributed by atoms with Gasteiger partial charge in [0.25, 0.3) is 0 Å². The van der Waals surface area contributed by atoms with Gasteiger partial charge in [-0.15, -0.1) is 0 Å². The molecule has 9 aromatic carbocycles. The van der Waals surface area contributed by atoms with Crippen molar-refractivity contribution in [3.63, 3.8) is 0 Å². The fraction of sp³-hybridized carbons (Fsp3) is 0. The summed E-state index contributed by atoms with van der Waals surface area (Å²) >= 11 is 0. The molecule has 0 saturated carbocycles. The number of hydrogen-bond donors (Lipinski definition) is 0. The van der Waals surface area contributed by atoms with Gasteiger partial charge in [0.2, 0.25) is 0 Å². The smallest absolute Gasteiger partial charge is 0.160 e. The molecule has 0 aliphatic heterocycles. The van der Waals surface area contributed by atoms with E-state index in [0.29, 0.717) is 11.6 Å². The van der Waals surface area contributed by atoms with E-state index in [0.717, 1.165) is 95.1 Å². The Bertz CT molecular complexity index is 3550. The molecule has 0 spiro atoms. The van der Waals surface area contributed by atoms with Crippen LogP contribution in [-0.4, -0.2) is 24.5 Å². The van der Waals surface area contributed by atoms with Crippen LogP contribution in [0.2, 0.25) is 0 Å². The summed E-state index contributed by atoms with van der Waals surface area (Å²) in [5, 5.41) is 2.38. The fourth-order valence-electron chi connectivity index (χ4n) is 9.14. The van der Waals surface area contributed by atoms with Gasteiger partial charge in [-0.05, 0) is 82.9 Å². The normalized spacial score (nSPS) is 11.3. The Balaban J connectivity index is 1.13. The molecule has 0 radical (unpaired) electrons. The number of rotatable bonds is 9. The standard InChI is InChI=1S/C62H41N5/c1-6-20-42(21-7-1)47-34-48(43-22-8-2-9-23-43)36-51(35-47)62-64-56(45-26-12-4-13-27-45)41-58(66-62)50-37-49(38-52(39-50)67-59-32-18-16-30-53(59)54-31-17-19-33-60(54)67)57-40-55(44-24-10-3-11-25-44)63-61(65-57)46-28-14-5-15-29-46/h1-41H. The molecule has 3 aromatic heterocycles. The van der Waals surface area contributed by atoms with Crippen LogP contribution in [0.1, 0.15) is 0 Å². The minimum absolute atomic E-state index is 0.634. The summed E-state index contributed by atoms with van der Waals surface area (Å²) in [5.41, 5.74) is 16.7. The maximum atomic E-state index is 5.53. The fourth-order valence-corrected chi connectivity index (χ4v) is 9.14. The van der Waals surface area contributed by atoms with Crippen LogP contribution in [0.15, 0.2) is 249 Å². The Morgan fingerprint density at radius 3 is 0.970 bits per heavy atom. The van der Waals surface area contributed by atoms with E-state index in [-0.39, 0.29) is 0 Å². The molecule has 0 atom stereocenters. The van der Waals surface area contributed by atoms with Crippen LogP contribution in [0.25, 0.3) is 118 Å². The zero-order chi connectivity index (χ0) is 44.5. The summed E-state index contributed by atoms with van der Waals surface area (Å²) < 4.78 is 2.37. The minimum atomic E-state index is 0.634. The third kappa shape index (κ3) is 7.75. The van der Waals surface area contributed by atoms with Crippen LogP contribution >= 0.6 is 0 Å². The summed E-state index contributed by atoms with van der Waals surface area (Å²) in [5.74, 6) is 1.29. The highest BCUT2D eigenvalue weighted by molar-refractivity contribution is 6.09. The number of hydrogen-bond acceptors (Lipinski definition) is 4. The van der Waals surface area contributed by atoms with Gasteiger partial charge in [-0.1, -0.05) is 188 Å². The lowest BCUT2D eigenvalue weighted by molar-refractivity contribution is 1.16. The van der Waals surface area contributed by atoms with Gasteiger partial charge in [-0.25, -0.2) is 19.9 Å². The monoisotopic (exact) mass is 855 g/mol. The summed E-state index contributed by atoms with van der Waals surface area (Å²) in [7, 11) is 0. The first kappa shape index (κ1) is 39.5. The molecule has 0 N–H and O–H groups in total.